The molecule has 4 aliphatic rings. The predicted molar refractivity (Wildman–Crippen MR) is 124 cm³/mol. The van der Waals surface area contributed by atoms with E-state index in [2.05, 4.69) is 12.2 Å². The Morgan fingerprint density at radius 2 is 1.68 bits per heavy atom. The Morgan fingerprint density at radius 1 is 1.00 bits per heavy atom. The van der Waals surface area contributed by atoms with Crippen LogP contribution in [-0.2, 0) is 13.2 Å². The van der Waals surface area contributed by atoms with Gasteiger partial charge in [0.05, 0.1) is 5.02 Å². The largest absolute Gasteiger partial charge is 0.489 e. The predicted octanol–water partition coefficient (Wildman–Crippen LogP) is 7.41. The molecule has 4 bridgehead atoms. The van der Waals surface area contributed by atoms with Crippen molar-refractivity contribution in [3.63, 3.8) is 0 Å². The molecule has 0 radical (unpaired) electrons. The molecule has 2 nitrogen and oxygen atoms in total. The van der Waals surface area contributed by atoms with Gasteiger partial charge in [-0.05, 0) is 98.9 Å². The molecule has 0 amide bonds. The second kappa shape index (κ2) is 8.57. The van der Waals surface area contributed by atoms with Gasteiger partial charge in [0.25, 0.3) is 0 Å². The van der Waals surface area contributed by atoms with E-state index in [0.29, 0.717) is 21.5 Å². The molecule has 4 fully saturated rings. The first kappa shape index (κ1) is 21.6. The SMILES string of the molecule is CC(NCc1cc(Cl)ccc1OCc1ccc(F)cc1Cl)C12CC3CC(CC(C3)C1)C2. The highest BCUT2D eigenvalue weighted by atomic mass is 35.5. The lowest BCUT2D eigenvalue weighted by Crippen LogP contribution is -2.54. The molecule has 0 heterocycles. The zero-order valence-electron chi connectivity index (χ0n) is 18.0. The first-order chi connectivity index (χ1) is 14.9. The van der Waals surface area contributed by atoms with E-state index in [9.17, 15) is 4.39 Å². The molecule has 4 saturated carbocycles. The maximum Gasteiger partial charge on any atom is 0.124 e. The lowest BCUT2D eigenvalue weighted by Gasteiger charge is -2.59. The van der Waals surface area contributed by atoms with Crippen LogP contribution in [0, 0.1) is 29.0 Å². The molecule has 0 spiro atoms. The maximum absolute atomic E-state index is 13.3. The van der Waals surface area contributed by atoms with Crippen molar-refractivity contribution in [2.45, 2.75) is 64.6 Å². The molecule has 1 N–H and O–H groups in total. The van der Waals surface area contributed by atoms with Crippen molar-refractivity contribution >= 4 is 23.2 Å². The fourth-order valence-corrected chi connectivity index (χ4v) is 7.23. The highest BCUT2D eigenvalue weighted by Crippen LogP contribution is 2.61. The smallest absolute Gasteiger partial charge is 0.124 e. The second-order valence-electron chi connectivity index (χ2n) is 10.2. The van der Waals surface area contributed by atoms with E-state index in [1.54, 1.807) is 6.07 Å². The molecule has 5 heteroatoms. The fourth-order valence-electron chi connectivity index (χ4n) is 6.81. The Morgan fingerprint density at radius 3 is 2.32 bits per heavy atom. The first-order valence-corrected chi connectivity index (χ1v) is 12.2. The summed E-state index contributed by atoms with van der Waals surface area (Å²) in [5.41, 5.74) is 2.26. The second-order valence-corrected chi connectivity index (χ2v) is 11.0. The van der Waals surface area contributed by atoms with Gasteiger partial charge in [0.15, 0.2) is 0 Å². The highest BCUT2D eigenvalue weighted by Gasteiger charge is 2.52. The van der Waals surface area contributed by atoms with E-state index < -0.39 is 0 Å². The van der Waals surface area contributed by atoms with Crippen LogP contribution in [0.5, 0.6) is 5.75 Å². The Hall–Kier alpha value is -1.29. The van der Waals surface area contributed by atoms with Crippen molar-refractivity contribution in [3.8, 4) is 5.75 Å². The van der Waals surface area contributed by atoms with Gasteiger partial charge in [-0.25, -0.2) is 4.39 Å². The average molecular weight is 462 g/mol. The van der Waals surface area contributed by atoms with E-state index >= 15 is 0 Å². The number of benzene rings is 2. The highest BCUT2D eigenvalue weighted by molar-refractivity contribution is 6.31. The molecule has 1 unspecified atom stereocenters. The Kier molecular flexibility index (Phi) is 5.96. The van der Waals surface area contributed by atoms with E-state index in [4.69, 9.17) is 27.9 Å². The van der Waals surface area contributed by atoms with Crippen molar-refractivity contribution in [3.05, 3.63) is 63.4 Å². The molecular weight excluding hydrogens is 432 g/mol. The summed E-state index contributed by atoms with van der Waals surface area (Å²) in [5.74, 6) is 3.28. The number of nitrogens with one attached hydrogen (secondary N) is 1. The summed E-state index contributed by atoms with van der Waals surface area (Å²) in [7, 11) is 0. The lowest BCUT2D eigenvalue weighted by atomic mass is 9.48. The fraction of sp³-hybridized carbons (Fsp3) is 0.538. The Labute approximate surface area is 194 Å². The number of ether oxygens (including phenoxy) is 1. The van der Waals surface area contributed by atoms with Crippen molar-refractivity contribution in [1.29, 1.82) is 0 Å². The summed E-state index contributed by atoms with van der Waals surface area (Å²) >= 11 is 12.5. The minimum absolute atomic E-state index is 0.290. The third-order valence-electron chi connectivity index (χ3n) is 8.02. The summed E-state index contributed by atoms with van der Waals surface area (Å²) < 4.78 is 19.4. The summed E-state index contributed by atoms with van der Waals surface area (Å²) in [5, 5.41) is 4.91. The summed E-state index contributed by atoms with van der Waals surface area (Å²) in [6.07, 6.45) is 8.54. The van der Waals surface area contributed by atoms with E-state index in [1.165, 1.54) is 50.7 Å². The quantitative estimate of drug-likeness (QED) is 0.463. The van der Waals surface area contributed by atoms with Crippen molar-refractivity contribution in [2.24, 2.45) is 23.2 Å². The third-order valence-corrected chi connectivity index (χ3v) is 8.61. The molecule has 4 aliphatic carbocycles. The van der Waals surface area contributed by atoms with E-state index in [1.807, 2.05) is 18.2 Å². The zero-order valence-corrected chi connectivity index (χ0v) is 19.5. The summed E-state index contributed by atoms with van der Waals surface area (Å²) in [6.45, 7) is 3.38. The normalized spacial score (nSPS) is 29.9. The number of halogens is 3. The van der Waals surface area contributed by atoms with Crippen molar-refractivity contribution in [1.82, 2.24) is 5.32 Å². The maximum atomic E-state index is 13.3. The van der Waals surface area contributed by atoms with Gasteiger partial charge < -0.3 is 10.1 Å². The van der Waals surface area contributed by atoms with Crippen LogP contribution >= 0.6 is 23.2 Å². The standard InChI is InChI=1S/C26H30Cl2FNO/c1-16(26-11-17-6-18(12-26)8-19(7-17)13-26)30-14-21-9-22(27)3-5-25(21)31-15-20-2-4-23(29)10-24(20)28/h2-5,9-10,16-19,30H,6-8,11-15H2,1H3. The van der Waals surface area contributed by atoms with Gasteiger partial charge in [-0.1, -0.05) is 29.3 Å². The summed E-state index contributed by atoms with van der Waals surface area (Å²) in [6, 6.07) is 10.6. The third kappa shape index (κ3) is 4.47. The van der Waals surface area contributed by atoms with Crippen molar-refractivity contribution in [2.75, 3.05) is 0 Å². The zero-order chi connectivity index (χ0) is 21.6. The molecule has 31 heavy (non-hydrogen) atoms. The molecule has 0 aromatic heterocycles. The first-order valence-electron chi connectivity index (χ1n) is 11.5. The van der Waals surface area contributed by atoms with Gasteiger partial charge in [-0.15, -0.1) is 0 Å². The monoisotopic (exact) mass is 461 g/mol. The minimum Gasteiger partial charge on any atom is -0.489 e. The molecule has 166 valence electrons. The number of rotatable bonds is 7. The molecule has 2 aromatic rings. The molecule has 1 atom stereocenters. The van der Waals surface area contributed by atoms with Gasteiger partial charge in [0.1, 0.15) is 18.2 Å². The molecule has 0 aliphatic heterocycles. The molecule has 6 rings (SSSR count). The summed E-state index contributed by atoms with van der Waals surface area (Å²) in [4.78, 5) is 0. The van der Waals surface area contributed by atoms with E-state index in [0.717, 1.165) is 41.2 Å². The number of hydrogen-bond acceptors (Lipinski definition) is 2. The molecular formula is C26H30Cl2FNO. The van der Waals surface area contributed by atoms with Crippen LogP contribution in [0.1, 0.15) is 56.6 Å². The van der Waals surface area contributed by atoms with Crippen LogP contribution in [0.25, 0.3) is 0 Å². The molecule has 0 saturated heterocycles. The van der Waals surface area contributed by atoms with Crippen molar-refractivity contribution < 1.29 is 9.13 Å². The van der Waals surface area contributed by atoms with Crippen LogP contribution in [0.15, 0.2) is 36.4 Å². The Bertz CT molecular complexity index is 927. The van der Waals surface area contributed by atoms with Gasteiger partial charge in [0, 0.05) is 28.7 Å². The van der Waals surface area contributed by atoms with E-state index in [-0.39, 0.29) is 12.4 Å². The van der Waals surface area contributed by atoms with Crippen LogP contribution in [-0.4, -0.2) is 6.04 Å². The van der Waals surface area contributed by atoms with Gasteiger partial charge in [-0.2, -0.15) is 0 Å². The molecule has 2 aromatic carbocycles. The average Bonchev–Trinajstić information content (AvgIpc) is 2.71. The lowest BCUT2D eigenvalue weighted by molar-refractivity contribution is -0.0706. The minimum atomic E-state index is -0.344. The van der Waals surface area contributed by atoms with Gasteiger partial charge in [-0.3, -0.25) is 0 Å². The van der Waals surface area contributed by atoms with Crippen LogP contribution < -0.4 is 10.1 Å². The van der Waals surface area contributed by atoms with Gasteiger partial charge in [0.2, 0.25) is 0 Å². The number of hydrogen-bond donors (Lipinski definition) is 1. The van der Waals surface area contributed by atoms with Crippen LogP contribution in [0.4, 0.5) is 4.39 Å². The van der Waals surface area contributed by atoms with Gasteiger partial charge >= 0.3 is 0 Å². The van der Waals surface area contributed by atoms with Crippen LogP contribution in [0.3, 0.4) is 0 Å². The van der Waals surface area contributed by atoms with Crippen LogP contribution in [0.2, 0.25) is 10.0 Å². The Balaban J connectivity index is 1.26. The topological polar surface area (TPSA) is 21.3 Å².